The molecule has 1 aliphatic rings. The van der Waals surface area contributed by atoms with Crippen molar-refractivity contribution < 1.29 is 36.2 Å². The molecule has 1 fully saturated rings. The van der Waals surface area contributed by atoms with Crippen LogP contribution in [0.3, 0.4) is 0 Å². The molecule has 4 aromatic rings. The van der Waals surface area contributed by atoms with E-state index in [-0.39, 0.29) is 29.0 Å². The van der Waals surface area contributed by atoms with E-state index in [1.165, 1.54) is 30.3 Å². The lowest BCUT2D eigenvalue weighted by Gasteiger charge is -2.29. The van der Waals surface area contributed by atoms with Crippen LogP contribution in [-0.2, 0) is 16.1 Å². The second-order valence-electron chi connectivity index (χ2n) is 9.34. The van der Waals surface area contributed by atoms with E-state index in [2.05, 4.69) is 6.92 Å². The van der Waals surface area contributed by atoms with Crippen LogP contribution in [0.2, 0.25) is 0 Å². The van der Waals surface area contributed by atoms with Crippen LogP contribution in [0.1, 0.15) is 37.2 Å². The summed E-state index contributed by atoms with van der Waals surface area (Å²) in [6, 6.07) is 13.8. The maximum absolute atomic E-state index is 14.7. The highest BCUT2D eigenvalue weighted by Gasteiger charge is 2.25. The summed E-state index contributed by atoms with van der Waals surface area (Å²) in [6.45, 7) is 2.83. The molecule has 1 aliphatic heterocycles. The number of benzene rings is 4. The molecule has 0 radical (unpaired) electrons. The Morgan fingerprint density at radius 2 is 1.50 bits per heavy atom. The molecule has 0 saturated carbocycles. The molecule has 4 aromatic carbocycles. The zero-order chi connectivity index (χ0) is 26.8. The fraction of sp³-hybridized carbons (Fsp3) is 0.267. The molecule has 0 unspecified atom stereocenters. The molecule has 5 rings (SSSR count). The molecule has 1 heterocycles. The topological polar surface area (TPSA) is 27.7 Å². The molecule has 38 heavy (non-hydrogen) atoms. The van der Waals surface area contributed by atoms with Crippen molar-refractivity contribution in [3.05, 3.63) is 101 Å². The summed E-state index contributed by atoms with van der Waals surface area (Å²) in [6.07, 6.45) is 1.11. The number of hydrogen-bond donors (Lipinski definition) is 0. The van der Waals surface area contributed by atoms with Crippen molar-refractivity contribution >= 4 is 10.8 Å². The fourth-order valence-electron chi connectivity index (χ4n) is 4.65. The van der Waals surface area contributed by atoms with Gasteiger partial charge in [0, 0.05) is 17.0 Å². The molecule has 0 bridgehead atoms. The van der Waals surface area contributed by atoms with Crippen LogP contribution in [0.4, 0.5) is 22.0 Å². The van der Waals surface area contributed by atoms with Gasteiger partial charge in [0.05, 0.1) is 18.6 Å². The van der Waals surface area contributed by atoms with Crippen molar-refractivity contribution in [2.24, 2.45) is 5.92 Å². The molecule has 0 N–H and O–H groups in total. The summed E-state index contributed by atoms with van der Waals surface area (Å²) in [5.41, 5.74) is 1.10. The highest BCUT2D eigenvalue weighted by molar-refractivity contribution is 5.88. The molecule has 0 atom stereocenters. The Kier molecular flexibility index (Phi) is 7.63. The van der Waals surface area contributed by atoms with Crippen LogP contribution >= 0.6 is 0 Å². The van der Waals surface area contributed by atoms with Gasteiger partial charge >= 0.3 is 0 Å². The van der Waals surface area contributed by atoms with E-state index in [1.54, 1.807) is 12.1 Å². The fourth-order valence-corrected chi connectivity index (χ4v) is 4.65. The summed E-state index contributed by atoms with van der Waals surface area (Å²) >= 11 is 0. The maximum atomic E-state index is 14.7. The molecule has 198 valence electrons. The van der Waals surface area contributed by atoms with E-state index < -0.39 is 46.5 Å². The number of ether oxygens (including phenoxy) is 3. The van der Waals surface area contributed by atoms with Crippen LogP contribution in [0.15, 0.2) is 60.7 Å². The minimum atomic E-state index is -1.26. The molecule has 0 amide bonds. The van der Waals surface area contributed by atoms with Gasteiger partial charge in [0.2, 0.25) is 0 Å². The highest BCUT2D eigenvalue weighted by Crippen LogP contribution is 2.34. The maximum Gasteiger partial charge on any atom is 0.191 e. The Hall–Kier alpha value is -3.49. The van der Waals surface area contributed by atoms with Crippen LogP contribution in [0, 0.1) is 35.0 Å². The first-order chi connectivity index (χ1) is 18.4. The summed E-state index contributed by atoms with van der Waals surface area (Å²) in [4.78, 5) is 0. The van der Waals surface area contributed by atoms with Gasteiger partial charge in [-0.25, -0.2) is 22.0 Å². The molecular weight excluding hydrogens is 503 g/mol. The average molecular weight is 529 g/mol. The summed E-state index contributed by atoms with van der Waals surface area (Å²) in [5.74, 6) is -5.32. The first-order valence-electron chi connectivity index (χ1n) is 12.4. The van der Waals surface area contributed by atoms with E-state index in [9.17, 15) is 22.0 Å². The van der Waals surface area contributed by atoms with Crippen molar-refractivity contribution in [1.29, 1.82) is 0 Å². The standard InChI is InChI=1S/C30H25F5O3/c1-2-4-18-15-37-30(38-16-18)21-12-24(32)29(25(33)13-21)36-14-17-7-9-19(10-8-17)22-11-20-5-3-6-23(31)26(20)28(35)27(22)34/h3,5-13,18,30H,2,4,14-16H2,1H3/t18-,30-. The van der Waals surface area contributed by atoms with Gasteiger partial charge in [-0.2, -0.15) is 0 Å². The predicted octanol–water partition coefficient (Wildman–Crippen LogP) is 8.24. The number of halogens is 5. The molecule has 0 spiro atoms. The van der Waals surface area contributed by atoms with E-state index in [0.29, 0.717) is 24.3 Å². The quantitative estimate of drug-likeness (QED) is 0.226. The van der Waals surface area contributed by atoms with Crippen molar-refractivity contribution in [3.8, 4) is 16.9 Å². The van der Waals surface area contributed by atoms with Gasteiger partial charge < -0.3 is 14.2 Å². The van der Waals surface area contributed by atoms with Crippen LogP contribution in [0.25, 0.3) is 21.9 Å². The zero-order valence-corrected chi connectivity index (χ0v) is 20.6. The van der Waals surface area contributed by atoms with Gasteiger partial charge in [-0.05, 0) is 47.2 Å². The third kappa shape index (κ3) is 5.24. The molecule has 3 nitrogen and oxygen atoms in total. The second kappa shape index (κ2) is 11.1. The Morgan fingerprint density at radius 1 is 0.816 bits per heavy atom. The number of fused-ring (bicyclic) bond motifs is 1. The SMILES string of the molecule is CCC[C@H]1CO[C@H](c2cc(F)c(OCc3ccc(-c4cc5cccc(F)c5c(F)c4F)cc3)c(F)c2)OC1. The monoisotopic (exact) mass is 528 g/mol. The van der Waals surface area contributed by atoms with E-state index in [0.717, 1.165) is 31.0 Å². The Labute approximate surface area is 216 Å². The molecule has 0 aliphatic carbocycles. The first-order valence-corrected chi connectivity index (χ1v) is 12.4. The largest absolute Gasteiger partial charge is 0.483 e. The smallest absolute Gasteiger partial charge is 0.191 e. The third-order valence-corrected chi connectivity index (χ3v) is 6.60. The minimum Gasteiger partial charge on any atom is -0.483 e. The number of hydrogen-bond acceptors (Lipinski definition) is 3. The Bertz CT molecular complexity index is 1420. The molecular formula is C30H25F5O3. The molecule has 8 heteroatoms. The normalized spacial score (nSPS) is 17.6. The van der Waals surface area contributed by atoms with Gasteiger partial charge in [0.25, 0.3) is 0 Å². The highest BCUT2D eigenvalue weighted by atomic mass is 19.2. The first kappa shape index (κ1) is 26.1. The molecule has 0 aromatic heterocycles. The van der Waals surface area contributed by atoms with E-state index in [4.69, 9.17) is 14.2 Å². The second-order valence-corrected chi connectivity index (χ2v) is 9.34. The van der Waals surface area contributed by atoms with Crippen LogP contribution < -0.4 is 4.74 Å². The lowest BCUT2D eigenvalue weighted by molar-refractivity contribution is -0.206. The van der Waals surface area contributed by atoms with Crippen molar-refractivity contribution in [2.75, 3.05) is 13.2 Å². The Balaban J connectivity index is 1.28. The van der Waals surface area contributed by atoms with E-state index >= 15 is 0 Å². The van der Waals surface area contributed by atoms with Crippen LogP contribution in [0.5, 0.6) is 5.75 Å². The summed E-state index contributed by atoms with van der Waals surface area (Å²) < 4.78 is 89.3. The van der Waals surface area contributed by atoms with Gasteiger partial charge in [-0.3, -0.25) is 0 Å². The van der Waals surface area contributed by atoms with Crippen molar-refractivity contribution in [1.82, 2.24) is 0 Å². The third-order valence-electron chi connectivity index (χ3n) is 6.60. The van der Waals surface area contributed by atoms with Gasteiger partial charge in [0.1, 0.15) is 12.4 Å². The predicted molar refractivity (Wildman–Crippen MR) is 133 cm³/mol. The van der Waals surface area contributed by atoms with E-state index in [1.807, 2.05) is 0 Å². The van der Waals surface area contributed by atoms with Crippen molar-refractivity contribution in [2.45, 2.75) is 32.7 Å². The van der Waals surface area contributed by atoms with Gasteiger partial charge in [-0.15, -0.1) is 0 Å². The minimum absolute atomic E-state index is 0.0334. The van der Waals surface area contributed by atoms with Crippen LogP contribution in [-0.4, -0.2) is 13.2 Å². The lowest BCUT2D eigenvalue weighted by Crippen LogP contribution is -2.27. The number of rotatable bonds is 7. The van der Waals surface area contributed by atoms with Gasteiger partial charge in [-0.1, -0.05) is 49.7 Å². The lowest BCUT2D eigenvalue weighted by atomic mass is 9.99. The van der Waals surface area contributed by atoms with Crippen molar-refractivity contribution in [3.63, 3.8) is 0 Å². The van der Waals surface area contributed by atoms with Gasteiger partial charge in [0.15, 0.2) is 35.3 Å². The summed E-state index contributed by atoms with van der Waals surface area (Å²) in [5, 5.41) is -0.179. The zero-order valence-electron chi connectivity index (χ0n) is 20.6. The average Bonchev–Trinajstić information content (AvgIpc) is 2.91. The summed E-state index contributed by atoms with van der Waals surface area (Å²) in [7, 11) is 0. The molecule has 1 saturated heterocycles. The Morgan fingerprint density at radius 3 is 2.16 bits per heavy atom.